The molecule has 3 aromatic carbocycles. The summed E-state index contributed by atoms with van der Waals surface area (Å²) in [6.07, 6.45) is 1.74. The molecule has 5 nitrogen and oxygen atoms in total. The topological polar surface area (TPSA) is 63.7 Å². The molecule has 4 rings (SSSR count). The minimum absolute atomic E-state index is 0.307. The number of aromatic nitrogens is 1. The summed E-state index contributed by atoms with van der Waals surface area (Å²) in [5.41, 5.74) is 3.80. The summed E-state index contributed by atoms with van der Waals surface area (Å²) in [6.45, 7) is 2.61. The Hall–Kier alpha value is -3.86. The van der Waals surface area contributed by atoms with Gasteiger partial charge in [-0.3, -0.25) is 4.99 Å². The predicted molar refractivity (Wildman–Crippen MR) is 119 cm³/mol. The van der Waals surface area contributed by atoms with E-state index in [-0.39, 0.29) is 0 Å². The minimum atomic E-state index is -0.412. The van der Waals surface area contributed by atoms with E-state index in [9.17, 15) is 4.79 Å². The van der Waals surface area contributed by atoms with Gasteiger partial charge in [-0.05, 0) is 48.4 Å². The van der Waals surface area contributed by atoms with Crippen LogP contribution in [-0.4, -0.2) is 23.8 Å². The molecule has 0 atom stereocenters. The number of hydrogen-bond donors (Lipinski definition) is 1. The Labute approximate surface area is 175 Å². The lowest BCUT2D eigenvalue weighted by Gasteiger charge is -2.06. The van der Waals surface area contributed by atoms with E-state index in [0.29, 0.717) is 24.6 Å². The largest absolute Gasteiger partial charge is 0.489 e. The summed E-state index contributed by atoms with van der Waals surface area (Å²) in [5, 5.41) is 0.875. The number of nitrogens with zero attached hydrogens (tertiary/aromatic N) is 1. The van der Waals surface area contributed by atoms with Gasteiger partial charge in [-0.2, -0.15) is 0 Å². The Morgan fingerprint density at radius 1 is 0.967 bits per heavy atom. The van der Waals surface area contributed by atoms with E-state index < -0.39 is 5.97 Å². The van der Waals surface area contributed by atoms with Gasteiger partial charge < -0.3 is 14.5 Å². The van der Waals surface area contributed by atoms with Crippen LogP contribution in [0.5, 0.6) is 5.75 Å². The van der Waals surface area contributed by atoms with Gasteiger partial charge in [0.05, 0.1) is 6.61 Å². The molecule has 0 unspecified atom stereocenters. The van der Waals surface area contributed by atoms with E-state index in [4.69, 9.17) is 9.47 Å². The summed E-state index contributed by atoms with van der Waals surface area (Å²) in [6, 6.07) is 25.4. The highest BCUT2D eigenvalue weighted by molar-refractivity contribution is 6.06. The van der Waals surface area contributed by atoms with Crippen LogP contribution in [0.1, 0.15) is 28.5 Å². The van der Waals surface area contributed by atoms with E-state index in [1.807, 2.05) is 78.9 Å². The normalized spacial score (nSPS) is 11.1. The maximum atomic E-state index is 12.3. The molecule has 30 heavy (non-hydrogen) atoms. The summed E-state index contributed by atoms with van der Waals surface area (Å²) >= 11 is 0. The first-order chi connectivity index (χ1) is 14.7. The quantitative estimate of drug-likeness (QED) is 0.322. The first-order valence-corrected chi connectivity index (χ1v) is 9.83. The van der Waals surface area contributed by atoms with Crippen molar-refractivity contribution in [2.24, 2.45) is 4.99 Å². The van der Waals surface area contributed by atoms with Crippen molar-refractivity contribution in [3.05, 3.63) is 95.7 Å². The van der Waals surface area contributed by atoms with Crippen LogP contribution in [0.25, 0.3) is 10.9 Å². The van der Waals surface area contributed by atoms with Crippen LogP contribution in [0, 0.1) is 0 Å². The number of fused-ring (bicyclic) bond motifs is 1. The third-order valence-corrected chi connectivity index (χ3v) is 4.63. The second-order valence-electron chi connectivity index (χ2n) is 6.72. The van der Waals surface area contributed by atoms with E-state index >= 15 is 0 Å². The molecule has 0 spiro atoms. The first kappa shape index (κ1) is 19.5. The van der Waals surface area contributed by atoms with Crippen molar-refractivity contribution in [3.8, 4) is 5.75 Å². The smallest absolute Gasteiger partial charge is 0.357 e. The Balaban J connectivity index is 1.52. The Morgan fingerprint density at radius 2 is 1.70 bits per heavy atom. The lowest BCUT2D eigenvalue weighted by molar-refractivity contribution is 0.0521. The predicted octanol–water partition coefficient (Wildman–Crippen LogP) is 5.67. The van der Waals surface area contributed by atoms with Gasteiger partial charge in [-0.15, -0.1) is 0 Å². The molecule has 0 fully saturated rings. The number of aliphatic imine (C=N–C) groups is 1. The molecule has 0 bridgehead atoms. The minimum Gasteiger partial charge on any atom is -0.489 e. The van der Waals surface area contributed by atoms with Crippen molar-refractivity contribution in [2.45, 2.75) is 13.5 Å². The molecule has 0 saturated heterocycles. The van der Waals surface area contributed by atoms with Crippen LogP contribution in [0.3, 0.4) is 0 Å². The lowest BCUT2D eigenvalue weighted by atomic mass is 10.2. The Morgan fingerprint density at radius 3 is 2.47 bits per heavy atom. The van der Waals surface area contributed by atoms with Crippen LogP contribution in [0.15, 0.2) is 83.9 Å². The molecule has 0 aliphatic heterocycles. The molecule has 4 aromatic rings. The molecule has 1 heterocycles. The highest BCUT2D eigenvalue weighted by Gasteiger charge is 2.18. The molecule has 0 aliphatic rings. The summed E-state index contributed by atoms with van der Waals surface area (Å²) in [7, 11) is 0. The van der Waals surface area contributed by atoms with Gasteiger partial charge >= 0.3 is 5.97 Å². The van der Waals surface area contributed by atoms with Crippen LogP contribution in [0.2, 0.25) is 0 Å². The van der Waals surface area contributed by atoms with Gasteiger partial charge in [0.25, 0.3) is 0 Å². The zero-order valence-electron chi connectivity index (χ0n) is 16.7. The summed E-state index contributed by atoms with van der Waals surface area (Å²) in [4.78, 5) is 20.0. The van der Waals surface area contributed by atoms with Crippen molar-refractivity contribution in [2.75, 3.05) is 6.61 Å². The Kier molecular flexibility index (Phi) is 5.90. The number of H-pyrrole nitrogens is 1. The van der Waals surface area contributed by atoms with Crippen molar-refractivity contribution >= 4 is 28.8 Å². The van der Waals surface area contributed by atoms with E-state index in [1.165, 1.54) is 0 Å². The molecule has 0 amide bonds. The molecule has 0 saturated carbocycles. The number of aromatic amines is 1. The van der Waals surface area contributed by atoms with Gasteiger partial charge in [0.15, 0.2) is 5.69 Å². The van der Waals surface area contributed by atoms with Gasteiger partial charge in [-0.1, -0.05) is 48.5 Å². The average molecular weight is 398 g/mol. The fourth-order valence-electron chi connectivity index (χ4n) is 3.14. The highest BCUT2D eigenvalue weighted by Crippen LogP contribution is 2.31. The second-order valence-corrected chi connectivity index (χ2v) is 6.72. The van der Waals surface area contributed by atoms with Gasteiger partial charge in [0, 0.05) is 17.1 Å². The van der Waals surface area contributed by atoms with Crippen LogP contribution in [-0.2, 0) is 11.3 Å². The molecule has 150 valence electrons. The SMILES string of the molecule is CCOC(=O)c1[nH]c2ccccc2c1N=Cc1ccc(OCc2ccccc2)cc1. The molecule has 0 aliphatic carbocycles. The number of para-hydroxylation sites is 1. The number of carbonyl (C=O) groups excluding carboxylic acids is 1. The lowest BCUT2D eigenvalue weighted by Crippen LogP contribution is -2.05. The zero-order chi connectivity index (χ0) is 20.8. The van der Waals surface area contributed by atoms with E-state index in [0.717, 1.165) is 27.8 Å². The van der Waals surface area contributed by atoms with E-state index in [2.05, 4.69) is 9.98 Å². The number of benzene rings is 3. The number of esters is 1. The van der Waals surface area contributed by atoms with Crippen molar-refractivity contribution in [1.29, 1.82) is 0 Å². The number of ether oxygens (including phenoxy) is 2. The van der Waals surface area contributed by atoms with E-state index in [1.54, 1.807) is 13.1 Å². The number of rotatable bonds is 7. The fourth-order valence-corrected chi connectivity index (χ4v) is 3.14. The van der Waals surface area contributed by atoms with Crippen LogP contribution >= 0.6 is 0 Å². The maximum absolute atomic E-state index is 12.3. The van der Waals surface area contributed by atoms with Crippen LogP contribution in [0.4, 0.5) is 5.69 Å². The van der Waals surface area contributed by atoms with Crippen molar-refractivity contribution in [1.82, 2.24) is 4.98 Å². The number of carbonyl (C=O) groups is 1. The first-order valence-electron chi connectivity index (χ1n) is 9.83. The summed E-state index contributed by atoms with van der Waals surface area (Å²) < 4.78 is 11.0. The number of hydrogen-bond acceptors (Lipinski definition) is 4. The highest BCUT2D eigenvalue weighted by atomic mass is 16.5. The Bertz CT molecular complexity index is 1160. The monoisotopic (exact) mass is 398 g/mol. The van der Waals surface area contributed by atoms with Crippen molar-refractivity contribution < 1.29 is 14.3 Å². The average Bonchev–Trinajstić information content (AvgIpc) is 3.17. The zero-order valence-corrected chi connectivity index (χ0v) is 16.7. The van der Waals surface area contributed by atoms with Gasteiger partial charge in [0.2, 0.25) is 0 Å². The second kappa shape index (κ2) is 9.09. The molecule has 0 radical (unpaired) electrons. The standard InChI is InChI=1S/C25H22N2O3/c1-2-29-25(28)24-23(21-10-6-7-11-22(21)27-24)26-16-18-12-14-20(15-13-18)30-17-19-8-4-3-5-9-19/h3-16,27H,2,17H2,1H3. The third kappa shape index (κ3) is 4.41. The van der Waals surface area contributed by atoms with Gasteiger partial charge in [-0.25, -0.2) is 4.79 Å². The molecule has 5 heteroatoms. The van der Waals surface area contributed by atoms with Crippen LogP contribution < -0.4 is 4.74 Å². The third-order valence-electron chi connectivity index (χ3n) is 4.63. The molecule has 1 aromatic heterocycles. The fraction of sp³-hybridized carbons (Fsp3) is 0.120. The summed E-state index contributed by atoms with van der Waals surface area (Å²) in [5.74, 6) is 0.376. The molecular weight excluding hydrogens is 376 g/mol. The molecular formula is C25H22N2O3. The number of nitrogens with one attached hydrogen (secondary N) is 1. The molecule has 1 N–H and O–H groups in total. The maximum Gasteiger partial charge on any atom is 0.357 e. The van der Waals surface area contributed by atoms with Gasteiger partial charge in [0.1, 0.15) is 18.0 Å². The van der Waals surface area contributed by atoms with Crippen molar-refractivity contribution in [3.63, 3.8) is 0 Å².